The summed E-state index contributed by atoms with van der Waals surface area (Å²) in [6.07, 6.45) is 0. The molecule has 31 heavy (non-hydrogen) atoms. The summed E-state index contributed by atoms with van der Waals surface area (Å²) in [5, 5.41) is 7.58. The summed E-state index contributed by atoms with van der Waals surface area (Å²) in [6.45, 7) is 0. The van der Waals surface area contributed by atoms with E-state index in [1.54, 1.807) is 24.3 Å². The van der Waals surface area contributed by atoms with Gasteiger partial charge in [0.2, 0.25) is 0 Å². The van der Waals surface area contributed by atoms with Crippen LogP contribution in [0.25, 0.3) is 20.8 Å². The largest absolute Gasteiger partial charge is 0.331 e. The van der Waals surface area contributed by atoms with Gasteiger partial charge in [0.05, 0.1) is 36.5 Å². The molecule has 1 heterocycles. The lowest BCUT2D eigenvalue weighted by atomic mass is 10.2. The maximum atomic E-state index is 12.6. The van der Waals surface area contributed by atoms with Crippen molar-refractivity contribution in [3.63, 3.8) is 0 Å². The minimum atomic E-state index is -0.419. The van der Waals surface area contributed by atoms with E-state index in [1.165, 1.54) is 11.3 Å². The topological polar surface area (TPSA) is 54.0 Å². The summed E-state index contributed by atoms with van der Waals surface area (Å²) in [6, 6.07) is 16.4. The molecule has 156 valence electrons. The first kappa shape index (κ1) is 22.7. The number of aromatic nitrogens is 1. The Labute approximate surface area is 216 Å². The molecule has 0 saturated carbocycles. The summed E-state index contributed by atoms with van der Waals surface area (Å²) in [5.41, 5.74) is 2.43. The summed E-state index contributed by atoms with van der Waals surface area (Å²) < 4.78 is 1.93. The van der Waals surface area contributed by atoms with Crippen LogP contribution in [0, 0.1) is 3.57 Å². The molecule has 1 aromatic heterocycles. The maximum Gasteiger partial charge on any atom is 0.258 e. The van der Waals surface area contributed by atoms with Gasteiger partial charge in [-0.3, -0.25) is 10.1 Å². The number of rotatable bonds is 3. The fourth-order valence-electron chi connectivity index (χ4n) is 2.79. The van der Waals surface area contributed by atoms with Crippen LogP contribution in [0.4, 0.5) is 5.69 Å². The summed E-state index contributed by atoms with van der Waals surface area (Å²) in [7, 11) is 0. The average Bonchev–Trinajstić information content (AvgIpc) is 3.15. The number of carbonyl (C=O) groups excluding carboxylic acids is 1. The van der Waals surface area contributed by atoms with Gasteiger partial charge in [0.15, 0.2) is 5.11 Å². The number of nitrogens with one attached hydrogen (secondary N) is 2. The van der Waals surface area contributed by atoms with E-state index >= 15 is 0 Å². The number of para-hydroxylation sites is 1. The number of anilines is 1. The molecule has 4 aromatic rings. The summed E-state index contributed by atoms with van der Waals surface area (Å²) >= 11 is 27.8. The van der Waals surface area contributed by atoms with E-state index in [4.69, 9.17) is 47.0 Å². The number of benzene rings is 3. The van der Waals surface area contributed by atoms with Gasteiger partial charge in [0.25, 0.3) is 5.91 Å². The molecule has 2 N–H and O–H groups in total. The quantitative estimate of drug-likeness (QED) is 0.183. The molecule has 1 amide bonds. The van der Waals surface area contributed by atoms with Gasteiger partial charge >= 0.3 is 0 Å². The van der Waals surface area contributed by atoms with Crippen molar-refractivity contribution in [1.29, 1.82) is 0 Å². The predicted molar refractivity (Wildman–Crippen MR) is 143 cm³/mol. The number of halogens is 4. The van der Waals surface area contributed by atoms with E-state index in [9.17, 15) is 4.79 Å². The van der Waals surface area contributed by atoms with Crippen LogP contribution in [-0.2, 0) is 0 Å². The van der Waals surface area contributed by atoms with Gasteiger partial charge in [-0.1, -0.05) is 46.9 Å². The van der Waals surface area contributed by atoms with E-state index in [-0.39, 0.29) is 5.11 Å². The highest BCUT2D eigenvalue weighted by Gasteiger charge is 2.16. The Morgan fingerprint density at radius 2 is 1.77 bits per heavy atom. The maximum absolute atomic E-state index is 12.6. The Bertz CT molecular complexity index is 1310. The van der Waals surface area contributed by atoms with Crippen molar-refractivity contribution in [3.05, 3.63) is 78.8 Å². The molecule has 0 saturated heterocycles. The van der Waals surface area contributed by atoms with E-state index in [0.717, 1.165) is 18.8 Å². The van der Waals surface area contributed by atoms with E-state index in [2.05, 4.69) is 38.2 Å². The van der Waals surface area contributed by atoms with E-state index in [0.29, 0.717) is 31.9 Å². The zero-order chi connectivity index (χ0) is 22.1. The Morgan fingerprint density at radius 1 is 1.00 bits per heavy atom. The third-order valence-corrected chi connectivity index (χ3v) is 7.13. The molecule has 0 unspecified atom stereocenters. The lowest BCUT2D eigenvalue weighted by Crippen LogP contribution is -2.34. The first-order valence-electron chi connectivity index (χ1n) is 8.74. The molecule has 0 aliphatic rings. The fourth-order valence-corrected chi connectivity index (χ4v) is 5.26. The van der Waals surface area contributed by atoms with Crippen LogP contribution in [0.2, 0.25) is 15.1 Å². The molecule has 0 aliphatic heterocycles. The Morgan fingerprint density at radius 3 is 2.55 bits per heavy atom. The number of fused-ring (bicyclic) bond motifs is 1. The minimum Gasteiger partial charge on any atom is -0.331 e. The van der Waals surface area contributed by atoms with Gasteiger partial charge in [-0.2, -0.15) is 0 Å². The second kappa shape index (κ2) is 9.56. The smallest absolute Gasteiger partial charge is 0.258 e. The Kier molecular flexibility index (Phi) is 7.00. The van der Waals surface area contributed by atoms with Gasteiger partial charge in [0.1, 0.15) is 5.01 Å². The van der Waals surface area contributed by atoms with Gasteiger partial charge in [0, 0.05) is 9.13 Å². The van der Waals surface area contributed by atoms with E-state index < -0.39 is 5.91 Å². The molecule has 10 heteroatoms. The second-order valence-corrected chi connectivity index (χ2v) is 10.2. The lowest BCUT2D eigenvalue weighted by Gasteiger charge is -2.13. The number of thiazole rings is 1. The third kappa shape index (κ3) is 5.13. The fraction of sp³-hybridized carbons (Fsp3) is 0. The molecule has 0 spiro atoms. The van der Waals surface area contributed by atoms with Gasteiger partial charge in [-0.25, -0.2) is 4.98 Å². The minimum absolute atomic E-state index is 0.0828. The molecule has 4 nitrogen and oxygen atoms in total. The second-order valence-electron chi connectivity index (χ2n) is 6.33. The highest BCUT2D eigenvalue weighted by Crippen LogP contribution is 2.38. The molecule has 0 fully saturated rings. The first-order chi connectivity index (χ1) is 14.8. The summed E-state index contributed by atoms with van der Waals surface area (Å²) in [4.78, 5) is 17.2. The van der Waals surface area contributed by atoms with Crippen molar-refractivity contribution in [2.24, 2.45) is 0 Å². The molecule has 0 atom stereocenters. The van der Waals surface area contributed by atoms with Crippen LogP contribution in [0.3, 0.4) is 0 Å². The molecular weight excluding hydrogens is 608 g/mol. The lowest BCUT2D eigenvalue weighted by molar-refractivity contribution is 0.0978. The molecule has 0 bridgehead atoms. The highest BCUT2D eigenvalue weighted by atomic mass is 127. The molecule has 0 radical (unpaired) electrons. The van der Waals surface area contributed by atoms with E-state index in [1.807, 2.05) is 30.3 Å². The van der Waals surface area contributed by atoms with Gasteiger partial charge < -0.3 is 5.32 Å². The van der Waals surface area contributed by atoms with Crippen LogP contribution < -0.4 is 10.6 Å². The monoisotopic (exact) mass is 617 g/mol. The standard InChI is InChI=1S/C21H11Cl3IN3OS2/c22-13-6-5-10(25)7-11(13)19(29)28-21(30)27-17-8-12(14(23)9-15(17)24)20-26-16-3-1-2-4-18(16)31-20/h1-9H,(H2,27,28,29,30). The number of amides is 1. The molecular formula is C21H11Cl3IN3OS2. The molecule has 0 aliphatic carbocycles. The zero-order valence-electron chi connectivity index (χ0n) is 15.4. The highest BCUT2D eigenvalue weighted by molar-refractivity contribution is 14.1. The molecule has 4 rings (SSSR count). The Balaban J connectivity index is 1.58. The van der Waals surface area contributed by atoms with Crippen molar-refractivity contribution in [2.75, 3.05) is 5.32 Å². The third-order valence-electron chi connectivity index (χ3n) is 4.23. The Hall–Kier alpha value is -1.49. The SMILES string of the molecule is O=C(NC(=S)Nc1cc(-c2nc3ccccc3s2)c(Cl)cc1Cl)c1cc(I)ccc1Cl. The first-order valence-corrected chi connectivity index (χ1v) is 12.2. The number of nitrogens with zero attached hydrogens (tertiary/aromatic N) is 1. The van der Waals surface area contributed by atoms with Gasteiger partial charge in [-0.15, -0.1) is 11.3 Å². The van der Waals surface area contributed by atoms with Crippen molar-refractivity contribution < 1.29 is 4.79 Å². The average molecular weight is 619 g/mol. The van der Waals surface area contributed by atoms with Crippen molar-refractivity contribution in [3.8, 4) is 10.6 Å². The zero-order valence-corrected chi connectivity index (χ0v) is 21.4. The van der Waals surface area contributed by atoms with Crippen molar-refractivity contribution >= 4 is 108 Å². The van der Waals surface area contributed by atoms with Crippen molar-refractivity contribution in [2.45, 2.75) is 0 Å². The normalized spacial score (nSPS) is 10.8. The number of hydrogen-bond donors (Lipinski definition) is 2. The van der Waals surface area contributed by atoms with Crippen LogP contribution in [0.15, 0.2) is 54.6 Å². The summed E-state index contributed by atoms with van der Waals surface area (Å²) in [5.74, 6) is -0.419. The van der Waals surface area contributed by atoms with Crippen LogP contribution in [0.1, 0.15) is 10.4 Å². The van der Waals surface area contributed by atoms with Crippen LogP contribution >= 0.6 is 80.9 Å². The molecule has 3 aromatic carbocycles. The van der Waals surface area contributed by atoms with Gasteiger partial charge in [-0.05, 0) is 77.3 Å². The predicted octanol–water partition coefficient (Wildman–Crippen LogP) is 7.65. The van der Waals surface area contributed by atoms with Crippen LogP contribution in [-0.4, -0.2) is 16.0 Å². The number of carbonyl (C=O) groups is 1. The number of thiocarbonyl (C=S) groups is 1. The number of hydrogen-bond acceptors (Lipinski definition) is 4. The van der Waals surface area contributed by atoms with Crippen molar-refractivity contribution in [1.82, 2.24) is 10.3 Å². The van der Waals surface area contributed by atoms with Crippen LogP contribution in [0.5, 0.6) is 0 Å².